The van der Waals surface area contributed by atoms with Gasteiger partial charge in [0.05, 0.1) is 5.54 Å². The highest BCUT2D eigenvalue weighted by Gasteiger charge is 2.52. The molecule has 1 atom stereocenters. The molecule has 1 amide bonds. The van der Waals surface area contributed by atoms with Gasteiger partial charge in [0, 0.05) is 18.0 Å². The van der Waals surface area contributed by atoms with Gasteiger partial charge in [-0.05, 0) is 33.1 Å². The van der Waals surface area contributed by atoms with Crippen molar-refractivity contribution >= 4 is 5.91 Å². The van der Waals surface area contributed by atoms with Crippen molar-refractivity contribution in [1.82, 2.24) is 4.90 Å². The summed E-state index contributed by atoms with van der Waals surface area (Å²) in [4.78, 5) is 14.2. The van der Waals surface area contributed by atoms with Gasteiger partial charge in [-0.15, -0.1) is 0 Å². The molecule has 1 saturated carbocycles. The number of nitrogens with two attached hydrogens (primary N) is 1. The van der Waals surface area contributed by atoms with Crippen LogP contribution in [-0.4, -0.2) is 28.9 Å². The minimum Gasteiger partial charge on any atom is -0.335 e. The van der Waals surface area contributed by atoms with Gasteiger partial charge >= 0.3 is 0 Å². The Kier molecular flexibility index (Phi) is 1.94. The van der Waals surface area contributed by atoms with Crippen LogP contribution in [0.15, 0.2) is 0 Å². The molecular weight excluding hydrogens is 176 g/mol. The molecule has 2 rings (SSSR count). The highest BCUT2D eigenvalue weighted by molar-refractivity contribution is 5.85. The minimum absolute atomic E-state index is 0.0542. The molecule has 0 bridgehead atoms. The third kappa shape index (κ3) is 1.26. The summed E-state index contributed by atoms with van der Waals surface area (Å²) in [6, 6.07) is 0.133. The molecule has 80 valence electrons. The summed E-state index contributed by atoms with van der Waals surface area (Å²) in [5.74, 6) is 0.315. The fourth-order valence-electron chi connectivity index (χ4n) is 2.20. The summed E-state index contributed by atoms with van der Waals surface area (Å²) in [5.41, 5.74) is 5.81. The molecule has 0 aromatic rings. The molecule has 3 heteroatoms. The fraction of sp³-hybridized carbons (Fsp3) is 0.909. The smallest absolute Gasteiger partial charge is 0.229 e. The summed E-state index contributed by atoms with van der Waals surface area (Å²) in [6.07, 6.45) is 3.04. The summed E-state index contributed by atoms with van der Waals surface area (Å²) in [6.45, 7) is 7.06. The monoisotopic (exact) mass is 196 g/mol. The summed E-state index contributed by atoms with van der Waals surface area (Å²) < 4.78 is 0. The highest BCUT2D eigenvalue weighted by atomic mass is 16.2. The first-order valence-corrected chi connectivity index (χ1v) is 5.45. The molecule has 0 spiro atoms. The van der Waals surface area contributed by atoms with Crippen molar-refractivity contribution in [3.63, 3.8) is 0 Å². The fourth-order valence-corrected chi connectivity index (χ4v) is 2.20. The first-order chi connectivity index (χ1) is 6.38. The van der Waals surface area contributed by atoms with Gasteiger partial charge in [0.2, 0.25) is 5.91 Å². The summed E-state index contributed by atoms with van der Waals surface area (Å²) >= 11 is 0. The lowest BCUT2D eigenvalue weighted by atomic mass is 9.95. The van der Waals surface area contributed by atoms with Gasteiger partial charge in [0.25, 0.3) is 0 Å². The number of carbonyl (C=O) groups excluding carboxylic acids is 1. The molecule has 0 aromatic heterocycles. The van der Waals surface area contributed by atoms with Crippen LogP contribution in [0.4, 0.5) is 0 Å². The van der Waals surface area contributed by atoms with Gasteiger partial charge in [-0.25, -0.2) is 0 Å². The number of hydrogen-bond donors (Lipinski definition) is 1. The van der Waals surface area contributed by atoms with Crippen LogP contribution in [0, 0.1) is 5.41 Å². The van der Waals surface area contributed by atoms with Crippen LogP contribution in [0.25, 0.3) is 0 Å². The van der Waals surface area contributed by atoms with Crippen molar-refractivity contribution in [1.29, 1.82) is 0 Å². The predicted octanol–water partition coefficient (Wildman–Crippen LogP) is 1.12. The molecule has 1 saturated heterocycles. The molecule has 0 aromatic carbocycles. The lowest BCUT2D eigenvalue weighted by molar-refractivity contribution is -0.139. The van der Waals surface area contributed by atoms with Crippen molar-refractivity contribution in [2.24, 2.45) is 11.1 Å². The number of rotatable bonds is 1. The van der Waals surface area contributed by atoms with Crippen molar-refractivity contribution < 1.29 is 4.79 Å². The summed E-state index contributed by atoms with van der Waals surface area (Å²) in [5, 5.41) is 0. The van der Waals surface area contributed by atoms with Gasteiger partial charge in [-0.1, -0.05) is 6.92 Å². The van der Waals surface area contributed by atoms with E-state index in [-0.39, 0.29) is 17.0 Å². The van der Waals surface area contributed by atoms with E-state index in [1.54, 1.807) is 0 Å². The molecule has 2 fully saturated rings. The molecule has 1 aliphatic carbocycles. The Hall–Kier alpha value is -0.570. The van der Waals surface area contributed by atoms with Crippen LogP contribution < -0.4 is 5.73 Å². The van der Waals surface area contributed by atoms with Gasteiger partial charge < -0.3 is 10.6 Å². The van der Waals surface area contributed by atoms with Gasteiger partial charge in [0.15, 0.2) is 0 Å². The molecule has 0 radical (unpaired) electrons. The second-order valence-electron chi connectivity index (χ2n) is 5.57. The molecule has 1 heterocycles. The van der Waals surface area contributed by atoms with Crippen LogP contribution >= 0.6 is 0 Å². The lowest BCUT2D eigenvalue weighted by Crippen LogP contribution is -2.52. The van der Waals surface area contributed by atoms with E-state index in [4.69, 9.17) is 5.73 Å². The van der Waals surface area contributed by atoms with E-state index in [1.807, 2.05) is 4.90 Å². The Morgan fingerprint density at radius 2 is 1.93 bits per heavy atom. The normalized spacial score (nSPS) is 33.1. The zero-order chi connectivity index (χ0) is 10.6. The maximum Gasteiger partial charge on any atom is 0.229 e. The van der Waals surface area contributed by atoms with E-state index < -0.39 is 0 Å². The maximum atomic E-state index is 12.2. The minimum atomic E-state index is -0.150. The molecule has 3 nitrogen and oxygen atoms in total. The maximum absolute atomic E-state index is 12.2. The zero-order valence-corrected chi connectivity index (χ0v) is 9.34. The number of amides is 1. The number of likely N-dealkylation sites (tertiary alicyclic amines) is 1. The van der Waals surface area contributed by atoms with Gasteiger partial charge in [-0.3, -0.25) is 4.79 Å². The van der Waals surface area contributed by atoms with Crippen molar-refractivity contribution in [2.45, 2.75) is 51.6 Å². The Morgan fingerprint density at radius 3 is 2.29 bits per heavy atom. The van der Waals surface area contributed by atoms with Crippen LogP contribution in [0.3, 0.4) is 0 Å². The number of carbonyl (C=O) groups is 1. The number of nitrogens with zero attached hydrogens (tertiary/aromatic N) is 1. The molecule has 1 aliphatic heterocycles. The molecule has 2 aliphatic rings. The van der Waals surface area contributed by atoms with E-state index >= 15 is 0 Å². The van der Waals surface area contributed by atoms with Crippen LogP contribution in [-0.2, 0) is 4.79 Å². The van der Waals surface area contributed by atoms with Crippen molar-refractivity contribution in [2.75, 3.05) is 6.54 Å². The van der Waals surface area contributed by atoms with Crippen LogP contribution in [0.1, 0.15) is 40.0 Å². The zero-order valence-electron chi connectivity index (χ0n) is 9.34. The van der Waals surface area contributed by atoms with E-state index in [9.17, 15) is 4.79 Å². The number of hydrogen-bond acceptors (Lipinski definition) is 2. The third-order valence-corrected chi connectivity index (χ3v) is 4.03. The quantitative estimate of drug-likeness (QED) is 0.683. The Bertz CT molecular complexity index is 268. The van der Waals surface area contributed by atoms with E-state index in [2.05, 4.69) is 20.8 Å². The van der Waals surface area contributed by atoms with Crippen molar-refractivity contribution in [3.05, 3.63) is 0 Å². The van der Waals surface area contributed by atoms with Gasteiger partial charge in [-0.2, -0.15) is 0 Å². The predicted molar refractivity (Wildman–Crippen MR) is 55.7 cm³/mol. The highest BCUT2D eigenvalue weighted by Crippen LogP contribution is 2.48. The third-order valence-electron chi connectivity index (χ3n) is 4.03. The average molecular weight is 196 g/mol. The van der Waals surface area contributed by atoms with E-state index in [1.165, 1.54) is 0 Å². The van der Waals surface area contributed by atoms with E-state index in [0.29, 0.717) is 5.91 Å². The van der Waals surface area contributed by atoms with E-state index in [0.717, 1.165) is 25.8 Å². The first kappa shape index (κ1) is 9.97. The largest absolute Gasteiger partial charge is 0.335 e. The van der Waals surface area contributed by atoms with Crippen molar-refractivity contribution in [3.8, 4) is 0 Å². The first-order valence-electron chi connectivity index (χ1n) is 5.45. The second kappa shape index (κ2) is 2.72. The lowest BCUT2D eigenvalue weighted by Gasteiger charge is -2.36. The molecule has 14 heavy (non-hydrogen) atoms. The Balaban J connectivity index is 2.16. The Labute approximate surface area is 85.6 Å². The second-order valence-corrected chi connectivity index (χ2v) is 5.57. The summed E-state index contributed by atoms with van der Waals surface area (Å²) in [7, 11) is 0. The molecular formula is C11H20N2O. The SMILES string of the molecule is CC1(C(=O)N2CCC(N)C2(C)C)CC1. The standard InChI is InChI=1S/C11H20N2O/c1-10(2)8(12)4-7-13(10)9(14)11(3)5-6-11/h8H,4-7,12H2,1-3H3. The van der Waals surface area contributed by atoms with Gasteiger partial charge in [0.1, 0.15) is 0 Å². The Morgan fingerprint density at radius 1 is 1.36 bits per heavy atom. The topological polar surface area (TPSA) is 46.3 Å². The average Bonchev–Trinajstić information content (AvgIpc) is 2.78. The van der Waals surface area contributed by atoms with Crippen LogP contribution in [0.2, 0.25) is 0 Å². The molecule has 2 N–H and O–H groups in total. The molecule has 1 unspecified atom stereocenters. The van der Waals surface area contributed by atoms with Crippen LogP contribution in [0.5, 0.6) is 0 Å².